The van der Waals surface area contributed by atoms with E-state index in [1.807, 2.05) is 54.6 Å². The van der Waals surface area contributed by atoms with Crippen LogP contribution in [0.15, 0.2) is 54.6 Å². The second-order valence-electron chi connectivity index (χ2n) is 6.80. The van der Waals surface area contributed by atoms with Crippen LogP contribution in [0.3, 0.4) is 0 Å². The predicted octanol–water partition coefficient (Wildman–Crippen LogP) is 3.62. The number of rotatable bonds is 11. The lowest BCUT2D eigenvalue weighted by Crippen LogP contribution is -2.23. The van der Waals surface area contributed by atoms with Crippen molar-refractivity contribution in [2.75, 3.05) is 6.61 Å². The third kappa shape index (κ3) is 6.71. The van der Waals surface area contributed by atoms with Gasteiger partial charge in [0.05, 0.1) is 13.2 Å². The van der Waals surface area contributed by atoms with Crippen LogP contribution in [0.1, 0.15) is 38.2 Å². The van der Waals surface area contributed by atoms with E-state index in [0.29, 0.717) is 38.4 Å². The fourth-order valence-electron chi connectivity index (χ4n) is 2.79. The van der Waals surface area contributed by atoms with Crippen LogP contribution >= 0.6 is 0 Å². The van der Waals surface area contributed by atoms with Crippen molar-refractivity contribution in [2.24, 2.45) is 0 Å². The van der Waals surface area contributed by atoms with Crippen molar-refractivity contribution >= 4 is 5.91 Å². The average molecular weight is 393 g/mol. The highest BCUT2D eigenvalue weighted by Gasteiger charge is 2.07. The van der Waals surface area contributed by atoms with Crippen LogP contribution in [0.5, 0.6) is 5.75 Å². The summed E-state index contributed by atoms with van der Waals surface area (Å²) in [5.41, 5.74) is 1.95. The number of amides is 1. The molecule has 0 saturated heterocycles. The van der Waals surface area contributed by atoms with E-state index < -0.39 is 0 Å². The van der Waals surface area contributed by atoms with E-state index in [9.17, 15) is 4.79 Å². The lowest BCUT2D eigenvalue weighted by Gasteiger charge is -2.09. The van der Waals surface area contributed by atoms with E-state index >= 15 is 0 Å². The van der Waals surface area contributed by atoms with Gasteiger partial charge in [0.25, 0.3) is 0 Å². The Kier molecular flexibility index (Phi) is 7.74. The summed E-state index contributed by atoms with van der Waals surface area (Å²) in [5.74, 6) is 1.44. The van der Waals surface area contributed by atoms with Gasteiger partial charge in [-0.1, -0.05) is 55.8 Å². The first-order chi connectivity index (χ1) is 14.2. The van der Waals surface area contributed by atoms with E-state index in [4.69, 9.17) is 4.74 Å². The molecule has 0 atom stereocenters. The van der Waals surface area contributed by atoms with Gasteiger partial charge in [-0.3, -0.25) is 4.79 Å². The molecule has 3 rings (SSSR count). The molecule has 0 aliphatic heterocycles. The van der Waals surface area contributed by atoms with Crippen LogP contribution in [0.2, 0.25) is 0 Å². The fourth-order valence-corrected chi connectivity index (χ4v) is 2.79. The molecule has 0 spiro atoms. The number of aryl methyl sites for hydroxylation is 1. The van der Waals surface area contributed by atoms with Crippen LogP contribution in [-0.2, 0) is 17.9 Å². The van der Waals surface area contributed by atoms with Crippen molar-refractivity contribution in [3.05, 3.63) is 60.2 Å². The number of hydrogen-bond acceptors (Lipinski definition) is 5. The molecule has 0 aliphatic rings. The van der Waals surface area contributed by atoms with Gasteiger partial charge in [-0.05, 0) is 35.8 Å². The van der Waals surface area contributed by atoms with Gasteiger partial charge in [-0.25, -0.2) is 0 Å². The van der Waals surface area contributed by atoms with Gasteiger partial charge in [-0.2, -0.15) is 4.80 Å². The number of tetrazole rings is 1. The summed E-state index contributed by atoms with van der Waals surface area (Å²) in [6.07, 6.45) is 3.20. The number of benzene rings is 2. The molecule has 0 bridgehead atoms. The number of unbranched alkanes of at least 4 members (excludes halogenated alkanes) is 1. The van der Waals surface area contributed by atoms with E-state index in [1.54, 1.807) is 0 Å². The number of ether oxygens (including phenoxy) is 1. The van der Waals surface area contributed by atoms with Crippen LogP contribution < -0.4 is 10.1 Å². The molecule has 2 aromatic carbocycles. The topological polar surface area (TPSA) is 81.9 Å². The number of nitrogens with zero attached hydrogens (tertiary/aromatic N) is 4. The standard InChI is InChI=1S/C22H27N5O2/c1-2-3-15-29-20-12-7-9-18(16-20)17-23-21(28)13-8-14-27-25-22(24-26-27)19-10-5-4-6-11-19/h4-7,9-12,16H,2-3,8,13-15,17H2,1H3,(H,23,28). The summed E-state index contributed by atoms with van der Waals surface area (Å²) in [6, 6.07) is 17.6. The zero-order valence-electron chi connectivity index (χ0n) is 16.8. The molecule has 0 aliphatic carbocycles. The first kappa shape index (κ1) is 20.5. The molecule has 0 radical (unpaired) electrons. The van der Waals surface area contributed by atoms with Gasteiger partial charge in [0, 0.05) is 18.5 Å². The number of carbonyl (C=O) groups excluding carboxylic acids is 1. The molecule has 0 unspecified atom stereocenters. The van der Waals surface area contributed by atoms with E-state index in [1.165, 1.54) is 4.80 Å². The maximum Gasteiger partial charge on any atom is 0.220 e. The fraction of sp³-hybridized carbons (Fsp3) is 0.364. The zero-order chi connectivity index (χ0) is 20.3. The van der Waals surface area contributed by atoms with Crippen LogP contribution in [0, 0.1) is 0 Å². The maximum absolute atomic E-state index is 12.1. The van der Waals surface area contributed by atoms with Gasteiger partial charge in [-0.15, -0.1) is 10.2 Å². The molecule has 7 nitrogen and oxygen atoms in total. The van der Waals surface area contributed by atoms with Gasteiger partial charge < -0.3 is 10.1 Å². The number of aromatic nitrogens is 4. The summed E-state index contributed by atoms with van der Waals surface area (Å²) in [4.78, 5) is 13.7. The number of carbonyl (C=O) groups is 1. The average Bonchev–Trinajstić information content (AvgIpc) is 3.22. The van der Waals surface area contributed by atoms with Gasteiger partial charge in [0.2, 0.25) is 11.7 Å². The minimum absolute atomic E-state index is 0.00528. The second-order valence-corrected chi connectivity index (χ2v) is 6.80. The molecule has 0 fully saturated rings. The Labute approximate surface area is 171 Å². The normalized spacial score (nSPS) is 10.7. The molecular formula is C22H27N5O2. The molecule has 1 N–H and O–H groups in total. The van der Waals surface area contributed by atoms with E-state index in [-0.39, 0.29) is 5.91 Å². The van der Waals surface area contributed by atoms with Crippen molar-refractivity contribution in [1.29, 1.82) is 0 Å². The Morgan fingerprint density at radius 2 is 1.97 bits per heavy atom. The lowest BCUT2D eigenvalue weighted by atomic mass is 10.2. The smallest absolute Gasteiger partial charge is 0.220 e. The Balaban J connectivity index is 1.38. The van der Waals surface area contributed by atoms with Crippen LogP contribution in [0.4, 0.5) is 0 Å². The van der Waals surface area contributed by atoms with Gasteiger partial charge in [0.1, 0.15) is 5.75 Å². The molecule has 1 heterocycles. The minimum Gasteiger partial charge on any atom is -0.494 e. The molecule has 3 aromatic rings. The molecule has 1 aromatic heterocycles. The molecule has 1 amide bonds. The van der Waals surface area contributed by atoms with Gasteiger partial charge in [0.15, 0.2) is 0 Å². The summed E-state index contributed by atoms with van der Waals surface area (Å²) in [5, 5.41) is 15.4. The van der Waals surface area contributed by atoms with Crippen molar-refractivity contribution in [1.82, 2.24) is 25.5 Å². The van der Waals surface area contributed by atoms with Crippen LogP contribution in [0.25, 0.3) is 11.4 Å². The van der Waals surface area contributed by atoms with Crippen molar-refractivity contribution < 1.29 is 9.53 Å². The number of hydrogen-bond donors (Lipinski definition) is 1. The van der Waals surface area contributed by atoms with E-state index in [0.717, 1.165) is 29.7 Å². The monoisotopic (exact) mass is 393 g/mol. The predicted molar refractivity (Wildman–Crippen MR) is 111 cm³/mol. The second kappa shape index (κ2) is 10.9. The van der Waals surface area contributed by atoms with Crippen molar-refractivity contribution in [3.8, 4) is 17.1 Å². The van der Waals surface area contributed by atoms with E-state index in [2.05, 4.69) is 27.7 Å². The molecule has 0 saturated carbocycles. The van der Waals surface area contributed by atoms with Crippen molar-refractivity contribution in [3.63, 3.8) is 0 Å². The highest BCUT2D eigenvalue weighted by atomic mass is 16.5. The minimum atomic E-state index is 0.00528. The SMILES string of the molecule is CCCCOc1cccc(CNC(=O)CCCn2nnc(-c3ccccc3)n2)c1. The lowest BCUT2D eigenvalue weighted by molar-refractivity contribution is -0.121. The largest absolute Gasteiger partial charge is 0.494 e. The molecule has 152 valence electrons. The Morgan fingerprint density at radius 3 is 2.79 bits per heavy atom. The Hall–Kier alpha value is -3.22. The molecule has 7 heteroatoms. The molecular weight excluding hydrogens is 366 g/mol. The maximum atomic E-state index is 12.1. The summed E-state index contributed by atoms with van der Waals surface area (Å²) in [6.45, 7) is 3.89. The first-order valence-electron chi connectivity index (χ1n) is 10.1. The molecule has 29 heavy (non-hydrogen) atoms. The quantitative estimate of drug-likeness (QED) is 0.503. The number of nitrogens with one attached hydrogen (secondary N) is 1. The van der Waals surface area contributed by atoms with Crippen LogP contribution in [-0.4, -0.2) is 32.7 Å². The highest BCUT2D eigenvalue weighted by molar-refractivity contribution is 5.75. The third-order valence-electron chi connectivity index (χ3n) is 4.40. The Morgan fingerprint density at radius 1 is 1.10 bits per heavy atom. The zero-order valence-corrected chi connectivity index (χ0v) is 16.8. The highest BCUT2D eigenvalue weighted by Crippen LogP contribution is 2.14. The first-order valence-corrected chi connectivity index (χ1v) is 10.1. The van der Waals surface area contributed by atoms with Gasteiger partial charge >= 0.3 is 0 Å². The summed E-state index contributed by atoms with van der Waals surface area (Å²) in [7, 11) is 0. The summed E-state index contributed by atoms with van der Waals surface area (Å²) < 4.78 is 5.71. The summed E-state index contributed by atoms with van der Waals surface area (Å²) >= 11 is 0. The Bertz CT molecular complexity index is 895. The third-order valence-corrected chi connectivity index (χ3v) is 4.40. The van der Waals surface area contributed by atoms with Crippen molar-refractivity contribution in [2.45, 2.75) is 45.7 Å².